The Labute approximate surface area is 327 Å². The van der Waals surface area contributed by atoms with Crippen LogP contribution >= 0.6 is 11.3 Å². The topological polar surface area (TPSA) is 261 Å². The number of esters is 1. The quantitative estimate of drug-likeness (QED) is 0.0847. The zero-order valence-corrected chi connectivity index (χ0v) is 31.9. The minimum absolute atomic E-state index is 0.00152. The summed E-state index contributed by atoms with van der Waals surface area (Å²) >= 11 is 0.783. The Bertz CT molecular complexity index is 2670. The predicted octanol–water partition coefficient (Wildman–Crippen LogP) is 1.64. The first-order valence-electron chi connectivity index (χ1n) is 17.9. The maximum absolute atomic E-state index is 13.7. The Kier molecular flexibility index (Phi) is 9.64. The van der Waals surface area contributed by atoms with Crippen molar-refractivity contribution in [2.24, 2.45) is 0 Å². The summed E-state index contributed by atoms with van der Waals surface area (Å²) in [6.45, 7) is 2.71. The smallest absolute Gasteiger partial charge is 0.345 e. The van der Waals surface area contributed by atoms with Gasteiger partial charge in [-0.15, -0.1) is 11.3 Å². The number of hydrogen-bond donors (Lipinski definition) is 6. The molecule has 6 heterocycles. The number of cyclic esters (lactones) is 1. The molecule has 6 atom stereocenters. The maximum Gasteiger partial charge on any atom is 0.345 e. The molecule has 3 aromatic heterocycles. The van der Waals surface area contributed by atoms with Crippen molar-refractivity contribution in [1.29, 1.82) is 0 Å². The minimum atomic E-state index is -4.40. The summed E-state index contributed by atoms with van der Waals surface area (Å²) in [6.07, 6.45) is -7.47. The van der Waals surface area contributed by atoms with Crippen LogP contribution in [-0.4, -0.2) is 97.9 Å². The van der Waals surface area contributed by atoms with Crippen LogP contribution in [0, 0.1) is 0 Å². The molecule has 0 saturated carbocycles. The van der Waals surface area contributed by atoms with Gasteiger partial charge < -0.3 is 53.6 Å². The van der Waals surface area contributed by atoms with Gasteiger partial charge in [0.2, 0.25) is 6.29 Å². The van der Waals surface area contributed by atoms with E-state index in [0.29, 0.717) is 28.7 Å². The van der Waals surface area contributed by atoms with E-state index in [-0.39, 0.29) is 62.7 Å². The van der Waals surface area contributed by atoms with Crippen molar-refractivity contribution < 1.29 is 67.0 Å². The molecular weight excluding hydrogens is 789 g/mol. The summed E-state index contributed by atoms with van der Waals surface area (Å²) < 4.78 is 51.0. The third-order valence-electron chi connectivity index (χ3n) is 10.7. The van der Waals surface area contributed by atoms with Gasteiger partial charge in [-0.25, -0.2) is 14.6 Å². The zero-order valence-electron chi connectivity index (χ0n) is 30.2. The number of aliphatic hydroxyl groups excluding tert-OH is 4. The molecule has 300 valence electrons. The van der Waals surface area contributed by atoms with E-state index >= 15 is 0 Å². The molecule has 0 radical (unpaired) electrons. The lowest BCUT2D eigenvalue weighted by atomic mass is 9.86. The second-order valence-corrected chi connectivity index (χ2v) is 16.7. The highest BCUT2D eigenvalue weighted by atomic mass is 32.2. The number of aromatic carboxylic acids is 1. The second kappa shape index (κ2) is 14.1. The SMILES string of the molecule is CCc1c2c(nc3ccc(OS(=O)(=O)Cc4ccc(O[C@@H]5O[C@H](CO)[C@H](O)[C@H](O)[C@H]5O)c5cc(C(=O)O)sc45)cc13)-c1cc3c(c(=O)n1C2)COC(=O)[C@@]3(O)CC. The molecule has 2 aromatic carbocycles. The highest BCUT2D eigenvalue weighted by Crippen LogP contribution is 2.42. The fourth-order valence-corrected chi connectivity index (χ4v) is 9.92. The Morgan fingerprint density at radius 1 is 1.04 bits per heavy atom. The lowest BCUT2D eigenvalue weighted by molar-refractivity contribution is -0.277. The van der Waals surface area contributed by atoms with E-state index < -0.39 is 76.3 Å². The molecule has 3 aliphatic heterocycles. The monoisotopic (exact) mass is 824 g/mol. The summed E-state index contributed by atoms with van der Waals surface area (Å²) in [5, 5.41) is 62.1. The van der Waals surface area contributed by atoms with Crippen molar-refractivity contribution in [2.45, 2.75) is 81.9 Å². The van der Waals surface area contributed by atoms with Gasteiger partial charge >= 0.3 is 22.1 Å². The lowest BCUT2D eigenvalue weighted by Crippen LogP contribution is -2.60. The number of carboxylic acids is 1. The Hall–Kier alpha value is -4.99. The van der Waals surface area contributed by atoms with Crippen LogP contribution in [0.25, 0.3) is 32.4 Å². The van der Waals surface area contributed by atoms with E-state index in [1.165, 1.54) is 28.8 Å². The first kappa shape index (κ1) is 38.9. The van der Waals surface area contributed by atoms with Gasteiger partial charge in [0.15, 0.2) is 5.60 Å². The first-order valence-corrected chi connectivity index (χ1v) is 20.3. The van der Waals surface area contributed by atoms with E-state index in [4.69, 9.17) is 23.4 Å². The van der Waals surface area contributed by atoms with Crippen molar-refractivity contribution >= 4 is 54.4 Å². The minimum Gasteiger partial charge on any atom is -0.477 e. The van der Waals surface area contributed by atoms with Crippen LogP contribution < -0.4 is 14.5 Å². The van der Waals surface area contributed by atoms with Gasteiger partial charge in [0.05, 0.1) is 35.6 Å². The van der Waals surface area contributed by atoms with Crippen LogP contribution in [0.2, 0.25) is 0 Å². The van der Waals surface area contributed by atoms with Crippen LogP contribution in [-0.2, 0) is 55.3 Å². The van der Waals surface area contributed by atoms with Gasteiger partial charge in [-0.2, -0.15) is 8.42 Å². The number of carbonyl (C=O) groups excluding carboxylic acids is 1. The molecule has 3 aliphatic rings. The van der Waals surface area contributed by atoms with Gasteiger partial charge in [0.1, 0.15) is 53.2 Å². The number of thiophene rings is 1. The van der Waals surface area contributed by atoms with E-state index in [1.807, 2.05) is 6.92 Å². The van der Waals surface area contributed by atoms with E-state index in [2.05, 4.69) is 0 Å². The van der Waals surface area contributed by atoms with E-state index in [1.54, 1.807) is 25.1 Å². The van der Waals surface area contributed by atoms with Gasteiger partial charge in [0.25, 0.3) is 5.56 Å². The molecule has 0 spiro atoms. The number of fused-ring (bicyclic) bond motifs is 6. The number of benzene rings is 2. The zero-order chi connectivity index (χ0) is 40.7. The number of aryl methyl sites for hydroxylation is 1. The molecule has 1 fully saturated rings. The van der Waals surface area contributed by atoms with Crippen molar-refractivity contribution in [3.05, 3.63) is 85.5 Å². The fourth-order valence-electron chi connectivity index (χ4n) is 7.73. The Morgan fingerprint density at radius 2 is 1.81 bits per heavy atom. The normalized spacial score (nSPS) is 24.2. The summed E-state index contributed by atoms with van der Waals surface area (Å²) in [5.41, 5.74) is 1.08. The van der Waals surface area contributed by atoms with Gasteiger partial charge in [-0.1, -0.05) is 19.9 Å². The molecular formula is C38H36N2O15S2. The second-order valence-electron chi connectivity index (χ2n) is 14.0. The average molecular weight is 825 g/mol. The molecule has 0 amide bonds. The Balaban J connectivity index is 1.10. The molecule has 0 unspecified atom stereocenters. The van der Waals surface area contributed by atoms with Crippen molar-refractivity contribution in [3.8, 4) is 22.9 Å². The predicted molar refractivity (Wildman–Crippen MR) is 200 cm³/mol. The van der Waals surface area contributed by atoms with Crippen molar-refractivity contribution in [2.75, 3.05) is 6.61 Å². The Morgan fingerprint density at radius 3 is 2.51 bits per heavy atom. The van der Waals surface area contributed by atoms with Crippen molar-refractivity contribution in [1.82, 2.24) is 9.55 Å². The molecule has 0 aliphatic carbocycles. The fraction of sp³-hybridized carbons (Fsp3) is 0.368. The number of hydrogen-bond acceptors (Lipinski definition) is 16. The molecule has 1 saturated heterocycles. The number of carbonyl (C=O) groups is 2. The lowest BCUT2D eigenvalue weighted by Gasteiger charge is -2.39. The summed E-state index contributed by atoms with van der Waals surface area (Å²) in [7, 11) is -4.40. The number of rotatable bonds is 10. The highest BCUT2D eigenvalue weighted by molar-refractivity contribution is 7.86. The van der Waals surface area contributed by atoms with Crippen LogP contribution in [0.5, 0.6) is 11.5 Å². The maximum atomic E-state index is 13.7. The molecule has 57 heavy (non-hydrogen) atoms. The van der Waals surface area contributed by atoms with Crippen LogP contribution in [0.15, 0.2) is 47.3 Å². The largest absolute Gasteiger partial charge is 0.477 e. The van der Waals surface area contributed by atoms with Crippen LogP contribution in [0.1, 0.15) is 57.8 Å². The van der Waals surface area contributed by atoms with Crippen LogP contribution in [0.4, 0.5) is 0 Å². The number of ether oxygens (including phenoxy) is 3. The molecule has 8 rings (SSSR count). The molecule has 17 nitrogen and oxygen atoms in total. The number of aromatic nitrogens is 2. The van der Waals surface area contributed by atoms with E-state index in [0.717, 1.165) is 22.5 Å². The van der Waals surface area contributed by atoms with Crippen molar-refractivity contribution in [3.63, 3.8) is 0 Å². The van der Waals surface area contributed by atoms with Gasteiger partial charge in [-0.3, -0.25) is 4.79 Å². The number of aliphatic hydroxyl groups is 5. The summed E-state index contributed by atoms with van der Waals surface area (Å²) in [5.74, 6) is -2.85. The van der Waals surface area contributed by atoms with Gasteiger partial charge in [0, 0.05) is 26.6 Å². The standard InChI is InChI=1S/C38H36N2O15S2/c1-3-18-19-9-17(6-7-24(19)39-29-21(18)12-40-25(29)11-23-22(34(40)45)14-52-37(48)38(23,49)4-2)55-57(50,51)15-16-5-8-26(20-10-28(35(46)47)56-33(16)20)53-36-32(44)31(43)30(42)27(13-41)54-36/h5-11,27,30-32,36,41-44,49H,3-4,12-15H2,1-2H3,(H,46,47)/t27-,30+,31+,32-,36-,38-/m1/s1. The van der Waals surface area contributed by atoms with Gasteiger partial charge in [-0.05, 0) is 60.4 Å². The summed E-state index contributed by atoms with van der Waals surface area (Å²) in [4.78, 5) is 42.9. The summed E-state index contributed by atoms with van der Waals surface area (Å²) in [6, 6.07) is 10.2. The number of pyridine rings is 2. The van der Waals surface area contributed by atoms with Crippen LogP contribution in [0.3, 0.4) is 0 Å². The molecule has 19 heteroatoms. The molecule has 5 aromatic rings. The molecule has 0 bridgehead atoms. The molecule has 6 N–H and O–H groups in total. The van der Waals surface area contributed by atoms with E-state index in [9.17, 15) is 53.4 Å². The number of nitrogens with zero attached hydrogens (tertiary/aromatic N) is 2. The third kappa shape index (κ3) is 6.34. The third-order valence-corrected chi connectivity index (χ3v) is 13.0. The average Bonchev–Trinajstić information content (AvgIpc) is 3.80. The first-order chi connectivity index (χ1) is 27.1. The number of carboxylic acid groups (broad SMARTS) is 1. The highest BCUT2D eigenvalue weighted by Gasteiger charge is 2.46.